The number of pyridine rings is 1. The fourth-order valence-electron chi connectivity index (χ4n) is 4.15. The van der Waals surface area contributed by atoms with Crippen LogP contribution >= 0.6 is 0 Å². The highest BCUT2D eigenvalue weighted by Gasteiger charge is 2.36. The average Bonchev–Trinajstić information content (AvgIpc) is 3.46. The lowest BCUT2D eigenvalue weighted by atomic mass is 10.1. The van der Waals surface area contributed by atoms with Gasteiger partial charge in [-0.25, -0.2) is 0 Å². The minimum absolute atomic E-state index is 0.250. The van der Waals surface area contributed by atoms with Crippen molar-refractivity contribution in [2.24, 2.45) is 0 Å². The van der Waals surface area contributed by atoms with E-state index in [9.17, 15) is 18.3 Å². The van der Waals surface area contributed by atoms with E-state index in [0.717, 1.165) is 16.8 Å². The highest BCUT2D eigenvalue weighted by molar-refractivity contribution is 5.59. The molecule has 0 spiro atoms. The molecule has 0 saturated carbocycles. The molecule has 180 valence electrons. The zero-order chi connectivity index (χ0) is 24.4. The molecular formula is C25H21F3N4O3. The molecule has 5 rings (SSSR count). The second-order valence-corrected chi connectivity index (χ2v) is 8.28. The summed E-state index contributed by atoms with van der Waals surface area (Å²) in [4.78, 5) is 10.9. The van der Waals surface area contributed by atoms with Crippen molar-refractivity contribution in [3.8, 4) is 28.4 Å². The Labute approximate surface area is 198 Å². The predicted octanol–water partition coefficient (Wildman–Crippen LogP) is 5.01. The van der Waals surface area contributed by atoms with Gasteiger partial charge in [-0.3, -0.25) is 9.88 Å². The van der Waals surface area contributed by atoms with E-state index in [1.165, 1.54) is 24.3 Å². The van der Waals surface area contributed by atoms with E-state index in [4.69, 9.17) is 4.52 Å². The number of hydrogen-bond donors (Lipinski definition) is 1. The number of benzene rings is 2. The number of aliphatic hydroxyl groups excluding tert-OH is 1. The number of nitrogens with zero attached hydrogens (tertiary/aromatic N) is 4. The Morgan fingerprint density at radius 1 is 1.00 bits per heavy atom. The summed E-state index contributed by atoms with van der Waals surface area (Å²) in [5.74, 6) is 0.265. The summed E-state index contributed by atoms with van der Waals surface area (Å²) in [5.41, 5.74) is 3.46. The summed E-state index contributed by atoms with van der Waals surface area (Å²) in [6.45, 7) is 1.03. The van der Waals surface area contributed by atoms with E-state index in [0.29, 0.717) is 31.0 Å². The first kappa shape index (κ1) is 23.0. The van der Waals surface area contributed by atoms with E-state index in [-0.39, 0.29) is 17.6 Å². The average molecular weight is 482 g/mol. The van der Waals surface area contributed by atoms with Gasteiger partial charge >= 0.3 is 6.36 Å². The first-order chi connectivity index (χ1) is 16.8. The topological polar surface area (TPSA) is 84.5 Å². The number of hydrogen-bond acceptors (Lipinski definition) is 7. The highest BCUT2D eigenvalue weighted by atomic mass is 19.4. The largest absolute Gasteiger partial charge is 0.573 e. The lowest BCUT2D eigenvalue weighted by Gasteiger charge is -2.21. The van der Waals surface area contributed by atoms with Gasteiger partial charge in [-0.05, 0) is 48.4 Å². The van der Waals surface area contributed by atoms with Crippen molar-refractivity contribution in [2.45, 2.75) is 31.5 Å². The van der Waals surface area contributed by atoms with Crippen molar-refractivity contribution in [3.63, 3.8) is 0 Å². The molecule has 1 fully saturated rings. The number of aromatic nitrogens is 3. The first-order valence-corrected chi connectivity index (χ1v) is 11.0. The van der Waals surface area contributed by atoms with Crippen molar-refractivity contribution in [1.29, 1.82) is 0 Å². The van der Waals surface area contributed by atoms with Crippen LogP contribution < -0.4 is 4.74 Å². The van der Waals surface area contributed by atoms with E-state index >= 15 is 0 Å². The van der Waals surface area contributed by atoms with Crippen LogP contribution in [0.25, 0.3) is 22.6 Å². The molecule has 2 atom stereocenters. The first-order valence-electron chi connectivity index (χ1n) is 11.0. The SMILES string of the molecule is O[C@@H]1C[C@@H](c2nc(-c3ccc(OC(F)(F)F)cc3)no2)N(Cc2ccc(-c3ccccn3)cc2)C1. The maximum Gasteiger partial charge on any atom is 0.573 e. The Kier molecular flexibility index (Phi) is 6.23. The molecule has 1 aliphatic heterocycles. The molecule has 0 aliphatic carbocycles. The Hall–Kier alpha value is -3.76. The third-order valence-corrected chi connectivity index (χ3v) is 5.75. The van der Waals surface area contributed by atoms with Gasteiger partial charge in [0.25, 0.3) is 0 Å². The van der Waals surface area contributed by atoms with Gasteiger partial charge in [0.05, 0.1) is 17.8 Å². The number of β-amino-alcohol motifs (C(OH)–C–C–N with tert-alkyl or cyclic N) is 1. The number of aliphatic hydroxyl groups is 1. The summed E-state index contributed by atoms with van der Waals surface area (Å²) in [7, 11) is 0. The van der Waals surface area contributed by atoms with Crippen LogP contribution in [-0.2, 0) is 6.54 Å². The van der Waals surface area contributed by atoms with Crippen LogP contribution in [0.5, 0.6) is 5.75 Å². The molecule has 2 aromatic heterocycles. The summed E-state index contributed by atoms with van der Waals surface area (Å²) in [6, 6.07) is 18.8. The molecule has 0 unspecified atom stereocenters. The monoisotopic (exact) mass is 482 g/mol. The van der Waals surface area contributed by atoms with Gasteiger partial charge in [0.2, 0.25) is 11.7 Å². The predicted molar refractivity (Wildman–Crippen MR) is 120 cm³/mol. The molecule has 0 amide bonds. The van der Waals surface area contributed by atoms with Gasteiger partial charge in [0, 0.05) is 30.4 Å². The minimum Gasteiger partial charge on any atom is -0.406 e. The van der Waals surface area contributed by atoms with E-state index in [1.54, 1.807) is 6.20 Å². The molecule has 3 heterocycles. The van der Waals surface area contributed by atoms with Crippen molar-refractivity contribution in [2.75, 3.05) is 6.54 Å². The van der Waals surface area contributed by atoms with E-state index in [2.05, 4.69) is 24.8 Å². The van der Waals surface area contributed by atoms with Crippen molar-refractivity contribution in [3.05, 3.63) is 84.4 Å². The summed E-state index contributed by atoms with van der Waals surface area (Å²) < 4.78 is 46.5. The van der Waals surface area contributed by atoms with Gasteiger partial charge < -0.3 is 14.4 Å². The van der Waals surface area contributed by atoms with E-state index in [1.807, 2.05) is 42.5 Å². The number of ether oxygens (including phenoxy) is 1. The molecule has 7 nitrogen and oxygen atoms in total. The third-order valence-electron chi connectivity index (χ3n) is 5.75. The van der Waals surface area contributed by atoms with Crippen LogP contribution in [0.15, 0.2) is 77.4 Å². The van der Waals surface area contributed by atoms with Gasteiger partial charge in [0.1, 0.15) is 5.75 Å². The Bertz CT molecular complexity index is 1260. The molecule has 2 aromatic carbocycles. The summed E-state index contributed by atoms with van der Waals surface area (Å²) in [6.07, 6.45) is -3.11. The Balaban J connectivity index is 1.29. The van der Waals surface area contributed by atoms with Gasteiger partial charge in [-0.2, -0.15) is 4.98 Å². The summed E-state index contributed by atoms with van der Waals surface area (Å²) >= 11 is 0. The molecule has 10 heteroatoms. The van der Waals surface area contributed by atoms with Gasteiger partial charge in [0.15, 0.2) is 0 Å². The van der Waals surface area contributed by atoms with Crippen LogP contribution in [0.1, 0.15) is 23.9 Å². The molecule has 4 aromatic rings. The van der Waals surface area contributed by atoms with Gasteiger partial charge in [-0.15, -0.1) is 13.2 Å². The van der Waals surface area contributed by atoms with Crippen LogP contribution in [0, 0.1) is 0 Å². The van der Waals surface area contributed by atoms with Crippen LogP contribution in [0.4, 0.5) is 13.2 Å². The number of alkyl halides is 3. The van der Waals surface area contributed by atoms with E-state index < -0.39 is 12.5 Å². The second-order valence-electron chi connectivity index (χ2n) is 8.28. The van der Waals surface area contributed by atoms with Crippen molar-refractivity contribution < 1.29 is 27.5 Å². The molecular weight excluding hydrogens is 461 g/mol. The number of halogens is 3. The van der Waals surface area contributed by atoms with Crippen molar-refractivity contribution >= 4 is 0 Å². The van der Waals surface area contributed by atoms with Crippen LogP contribution in [-0.4, -0.2) is 44.1 Å². The second kappa shape index (κ2) is 9.47. The maximum atomic E-state index is 12.4. The van der Waals surface area contributed by atoms with Gasteiger partial charge in [-0.1, -0.05) is 35.5 Å². The zero-order valence-corrected chi connectivity index (χ0v) is 18.4. The normalized spacial score (nSPS) is 18.6. The lowest BCUT2D eigenvalue weighted by Crippen LogP contribution is -2.24. The molecule has 1 saturated heterocycles. The maximum absolute atomic E-state index is 12.4. The minimum atomic E-state index is -4.76. The standard InChI is InChI=1S/C25H21F3N4O3/c26-25(27,28)34-20-10-8-18(9-11-20)23-30-24(35-31-23)22-13-19(33)15-32(22)14-16-4-6-17(7-5-16)21-3-1-2-12-29-21/h1-12,19,22,33H,13-15H2/t19-,22+/m1/s1. The Morgan fingerprint density at radius 3 is 2.43 bits per heavy atom. The van der Waals surface area contributed by atoms with Crippen LogP contribution in [0.3, 0.4) is 0 Å². The fraction of sp³-hybridized carbons (Fsp3) is 0.240. The molecule has 0 bridgehead atoms. The highest BCUT2D eigenvalue weighted by Crippen LogP contribution is 2.34. The number of likely N-dealkylation sites (tertiary alicyclic amines) is 1. The third kappa shape index (κ3) is 5.50. The molecule has 1 N–H and O–H groups in total. The fourth-order valence-corrected chi connectivity index (χ4v) is 4.15. The molecule has 1 aliphatic rings. The number of rotatable bonds is 6. The smallest absolute Gasteiger partial charge is 0.406 e. The summed E-state index contributed by atoms with van der Waals surface area (Å²) in [5, 5.41) is 14.3. The quantitative estimate of drug-likeness (QED) is 0.414. The molecule has 35 heavy (non-hydrogen) atoms. The zero-order valence-electron chi connectivity index (χ0n) is 18.4. The molecule has 0 radical (unpaired) electrons. The van der Waals surface area contributed by atoms with Crippen molar-refractivity contribution in [1.82, 2.24) is 20.0 Å². The Morgan fingerprint density at radius 2 is 1.74 bits per heavy atom. The van der Waals surface area contributed by atoms with Crippen LogP contribution in [0.2, 0.25) is 0 Å². The lowest BCUT2D eigenvalue weighted by molar-refractivity contribution is -0.274.